The molecule has 0 aliphatic rings. The predicted molar refractivity (Wildman–Crippen MR) is 94.6 cm³/mol. The van der Waals surface area contributed by atoms with Crippen molar-refractivity contribution in [3.05, 3.63) is 52.3 Å². The fraction of sp³-hybridized carbons (Fsp3) is 0.167. The lowest BCUT2D eigenvalue weighted by Crippen LogP contribution is -2.27. The van der Waals surface area contributed by atoms with E-state index in [2.05, 4.69) is 5.32 Å². The lowest BCUT2D eigenvalue weighted by atomic mass is 10.1. The summed E-state index contributed by atoms with van der Waals surface area (Å²) in [4.78, 5) is 22.9. The molecule has 0 unspecified atom stereocenters. The first-order chi connectivity index (χ1) is 12.5. The Hall–Kier alpha value is -3.08. The zero-order valence-electron chi connectivity index (χ0n) is 13.8. The fourth-order valence-corrected chi connectivity index (χ4v) is 2.34. The number of rotatable bonds is 7. The highest BCUT2D eigenvalue weighted by atomic mass is 35.5. The first-order valence-electron chi connectivity index (χ1n) is 7.48. The SMILES string of the molecule is COCCNC(=O)C(C#N)=Cc1ccc(-c2ccc(C(=O)O)c(Cl)c2)o1. The van der Waals surface area contributed by atoms with Crippen molar-refractivity contribution in [2.45, 2.75) is 0 Å². The number of aromatic carboxylic acids is 1. The summed E-state index contributed by atoms with van der Waals surface area (Å²) in [6.45, 7) is 0.620. The van der Waals surface area contributed by atoms with Gasteiger partial charge in [-0.2, -0.15) is 5.26 Å². The molecule has 2 rings (SSSR count). The largest absolute Gasteiger partial charge is 0.478 e. The summed E-state index contributed by atoms with van der Waals surface area (Å²) in [6.07, 6.45) is 1.32. The standard InChI is InChI=1S/C18H15ClN2O5/c1-25-7-6-21-17(22)12(10-20)8-13-3-5-16(26-13)11-2-4-14(18(23)24)15(19)9-11/h2-5,8-9H,6-7H2,1H3,(H,21,22)(H,23,24). The van der Waals surface area contributed by atoms with Crippen molar-refractivity contribution in [1.82, 2.24) is 5.32 Å². The van der Waals surface area contributed by atoms with Gasteiger partial charge in [-0.05, 0) is 24.3 Å². The third kappa shape index (κ3) is 4.72. The van der Waals surface area contributed by atoms with E-state index < -0.39 is 11.9 Å². The summed E-state index contributed by atoms with van der Waals surface area (Å²) in [6, 6.07) is 9.45. The van der Waals surface area contributed by atoms with Gasteiger partial charge in [0, 0.05) is 25.3 Å². The number of methoxy groups -OCH3 is 1. The molecule has 8 heteroatoms. The number of furan rings is 1. The summed E-state index contributed by atoms with van der Waals surface area (Å²) in [5.41, 5.74) is 0.450. The van der Waals surface area contributed by atoms with Crippen LogP contribution in [0.1, 0.15) is 16.1 Å². The highest BCUT2D eigenvalue weighted by Crippen LogP contribution is 2.28. The zero-order valence-corrected chi connectivity index (χ0v) is 14.5. The van der Waals surface area contributed by atoms with Gasteiger partial charge in [-0.25, -0.2) is 4.79 Å². The number of carbonyl (C=O) groups is 2. The van der Waals surface area contributed by atoms with Crippen LogP contribution in [0.4, 0.5) is 0 Å². The van der Waals surface area contributed by atoms with E-state index in [9.17, 15) is 9.59 Å². The summed E-state index contributed by atoms with van der Waals surface area (Å²) in [5.74, 6) is -0.928. The number of nitrogens with zero attached hydrogens (tertiary/aromatic N) is 1. The lowest BCUT2D eigenvalue weighted by Gasteiger charge is -2.03. The molecule has 2 N–H and O–H groups in total. The number of carboxylic acids is 1. The van der Waals surface area contributed by atoms with E-state index in [4.69, 9.17) is 31.1 Å². The van der Waals surface area contributed by atoms with Crippen LogP contribution >= 0.6 is 11.6 Å². The van der Waals surface area contributed by atoms with Gasteiger partial charge in [-0.3, -0.25) is 4.79 Å². The molecule has 0 aliphatic heterocycles. The highest BCUT2D eigenvalue weighted by molar-refractivity contribution is 6.33. The van der Waals surface area contributed by atoms with Gasteiger partial charge in [-0.1, -0.05) is 17.7 Å². The normalized spacial score (nSPS) is 11.0. The second kappa shape index (κ2) is 8.85. The number of halogens is 1. The predicted octanol–water partition coefficient (Wildman–Crippen LogP) is 2.97. The van der Waals surface area contributed by atoms with E-state index in [1.807, 2.05) is 6.07 Å². The molecular weight excluding hydrogens is 360 g/mol. The average molecular weight is 375 g/mol. The van der Waals surface area contributed by atoms with Crippen molar-refractivity contribution in [3.8, 4) is 17.4 Å². The van der Waals surface area contributed by atoms with Crippen LogP contribution in [0.25, 0.3) is 17.4 Å². The number of hydrogen-bond donors (Lipinski definition) is 2. The molecule has 0 aliphatic carbocycles. The molecule has 0 saturated heterocycles. The van der Waals surface area contributed by atoms with Gasteiger partial charge in [0.05, 0.1) is 17.2 Å². The molecule has 1 aromatic carbocycles. The van der Waals surface area contributed by atoms with E-state index in [0.717, 1.165) is 0 Å². The first-order valence-corrected chi connectivity index (χ1v) is 7.86. The van der Waals surface area contributed by atoms with Gasteiger partial charge in [0.1, 0.15) is 23.2 Å². The highest BCUT2D eigenvalue weighted by Gasteiger charge is 2.13. The van der Waals surface area contributed by atoms with E-state index in [1.165, 1.54) is 25.3 Å². The second-order valence-electron chi connectivity index (χ2n) is 5.12. The topological polar surface area (TPSA) is 113 Å². The van der Waals surface area contributed by atoms with E-state index in [1.54, 1.807) is 18.2 Å². The van der Waals surface area contributed by atoms with Crippen LogP contribution in [0.5, 0.6) is 0 Å². The van der Waals surface area contributed by atoms with Crippen LogP contribution in [0, 0.1) is 11.3 Å². The van der Waals surface area contributed by atoms with Crippen molar-refractivity contribution < 1.29 is 23.8 Å². The van der Waals surface area contributed by atoms with Crippen molar-refractivity contribution in [2.24, 2.45) is 0 Å². The number of nitrogens with one attached hydrogen (secondary N) is 1. The number of amides is 1. The molecule has 0 atom stereocenters. The Morgan fingerprint density at radius 1 is 1.38 bits per heavy atom. The monoisotopic (exact) mass is 374 g/mol. The summed E-state index contributed by atoms with van der Waals surface area (Å²) >= 11 is 5.95. The Morgan fingerprint density at radius 2 is 2.15 bits per heavy atom. The Balaban J connectivity index is 2.21. The second-order valence-corrected chi connectivity index (χ2v) is 5.53. The van der Waals surface area contributed by atoms with Crippen LogP contribution in [0.15, 0.2) is 40.3 Å². The van der Waals surface area contributed by atoms with Crippen molar-refractivity contribution in [1.29, 1.82) is 5.26 Å². The van der Waals surface area contributed by atoms with Gasteiger partial charge in [0.2, 0.25) is 0 Å². The molecule has 1 amide bonds. The Labute approximate surface area is 154 Å². The van der Waals surface area contributed by atoms with Crippen molar-refractivity contribution in [2.75, 3.05) is 20.3 Å². The van der Waals surface area contributed by atoms with E-state index >= 15 is 0 Å². The van der Waals surface area contributed by atoms with E-state index in [-0.39, 0.29) is 22.7 Å². The number of benzene rings is 1. The van der Waals surface area contributed by atoms with Gasteiger partial charge < -0.3 is 19.6 Å². The molecular formula is C18H15ClN2O5. The Kier molecular flexibility index (Phi) is 6.55. The summed E-state index contributed by atoms with van der Waals surface area (Å²) in [7, 11) is 1.51. The van der Waals surface area contributed by atoms with Crippen molar-refractivity contribution in [3.63, 3.8) is 0 Å². The maximum Gasteiger partial charge on any atom is 0.337 e. The number of nitriles is 1. The minimum Gasteiger partial charge on any atom is -0.478 e. The maximum absolute atomic E-state index is 11.9. The van der Waals surface area contributed by atoms with Crippen LogP contribution in [-0.2, 0) is 9.53 Å². The number of carbonyl (C=O) groups excluding carboxylic acids is 1. The molecule has 134 valence electrons. The molecule has 0 bridgehead atoms. The maximum atomic E-state index is 11.9. The average Bonchev–Trinajstić information content (AvgIpc) is 3.08. The van der Waals surface area contributed by atoms with E-state index in [0.29, 0.717) is 23.7 Å². The zero-order chi connectivity index (χ0) is 19.1. The number of hydrogen-bond acceptors (Lipinski definition) is 5. The van der Waals surface area contributed by atoms with Crippen LogP contribution in [-0.4, -0.2) is 37.2 Å². The smallest absolute Gasteiger partial charge is 0.337 e. The molecule has 26 heavy (non-hydrogen) atoms. The molecule has 0 radical (unpaired) electrons. The number of ether oxygens (including phenoxy) is 1. The minimum atomic E-state index is -1.12. The summed E-state index contributed by atoms with van der Waals surface area (Å²) < 4.78 is 10.4. The molecule has 0 spiro atoms. The van der Waals surface area contributed by atoms with Gasteiger partial charge in [-0.15, -0.1) is 0 Å². The lowest BCUT2D eigenvalue weighted by molar-refractivity contribution is -0.117. The quantitative estimate of drug-likeness (QED) is 0.437. The fourth-order valence-electron chi connectivity index (χ4n) is 2.08. The molecule has 7 nitrogen and oxygen atoms in total. The number of carboxylic acid groups (broad SMARTS) is 1. The Bertz CT molecular complexity index is 895. The summed E-state index contributed by atoms with van der Waals surface area (Å²) in [5, 5.41) is 20.8. The van der Waals surface area contributed by atoms with Gasteiger partial charge in [0.25, 0.3) is 5.91 Å². The first kappa shape index (κ1) is 19.2. The molecule has 0 saturated carbocycles. The van der Waals surface area contributed by atoms with Crippen LogP contribution in [0.3, 0.4) is 0 Å². The van der Waals surface area contributed by atoms with Gasteiger partial charge in [0.15, 0.2) is 0 Å². The molecule has 1 aromatic heterocycles. The van der Waals surface area contributed by atoms with Crippen LogP contribution in [0.2, 0.25) is 5.02 Å². The third-order valence-corrected chi connectivity index (χ3v) is 3.67. The Morgan fingerprint density at radius 3 is 2.77 bits per heavy atom. The van der Waals surface area contributed by atoms with Crippen molar-refractivity contribution >= 4 is 29.6 Å². The molecule has 1 heterocycles. The molecule has 2 aromatic rings. The third-order valence-electron chi connectivity index (χ3n) is 3.35. The van der Waals surface area contributed by atoms with Crippen LogP contribution < -0.4 is 5.32 Å². The molecule has 0 fully saturated rings. The minimum absolute atomic E-state index is 0.0124. The van der Waals surface area contributed by atoms with Gasteiger partial charge >= 0.3 is 5.97 Å².